The Morgan fingerprint density at radius 2 is 1.88 bits per heavy atom. The van der Waals surface area contributed by atoms with Crippen molar-refractivity contribution < 1.29 is 24.3 Å². The minimum atomic E-state index is -1.05. The van der Waals surface area contributed by atoms with Crippen LogP contribution in [0.2, 0.25) is 10.0 Å². The van der Waals surface area contributed by atoms with Gasteiger partial charge in [-0.3, -0.25) is 24.5 Å². The summed E-state index contributed by atoms with van der Waals surface area (Å²) >= 11 is 13.0. The first kappa shape index (κ1) is 23.9. The second-order valence-electron chi connectivity index (χ2n) is 7.49. The molecule has 8 nitrogen and oxygen atoms in total. The minimum absolute atomic E-state index is 0.151. The van der Waals surface area contributed by atoms with Crippen molar-refractivity contribution in [3.05, 3.63) is 68.7 Å². The molecule has 0 radical (unpaired) electrons. The minimum Gasteiger partial charge on any atom is -0.481 e. The Labute approximate surface area is 207 Å². The highest BCUT2D eigenvalue weighted by Crippen LogP contribution is 2.32. The van der Waals surface area contributed by atoms with Gasteiger partial charge in [0.25, 0.3) is 11.1 Å². The molecule has 2 heterocycles. The SMILES string of the molecule is O=C(O)CCC(=O)Nc1ccc2c(c1)c(/C=C1\SC(=O)NC1=O)cn2Cc1ccc(Cl)c(Cl)c1. The molecule has 1 saturated heterocycles. The van der Waals surface area contributed by atoms with Crippen LogP contribution >= 0.6 is 35.0 Å². The van der Waals surface area contributed by atoms with Crippen LogP contribution in [0.15, 0.2) is 47.5 Å². The molecule has 1 fully saturated rings. The summed E-state index contributed by atoms with van der Waals surface area (Å²) in [4.78, 5) is 46.7. The molecule has 0 saturated carbocycles. The van der Waals surface area contributed by atoms with Crippen molar-refractivity contribution >= 4 is 80.7 Å². The number of rotatable bonds is 7. The van der Waals surface area contributed by atoms with Crippen molar-refractivity contribution in [2.45, 2.75) is 19.4 Å². The van der Waals surface area contributed by atoms with Gasteiger partial charge in [0.15, 0.2) is 0 Å². The van der Waals surface area contributed by atoms with Gasteiger partial charge in [-0.15, -0.1) is 0 Å². The van der Waals surface area contributed by atoms with Crippen LogP contribution in [-0.2, 0) is 20.9 Å². The Bertz CT molecular complexity index is 1380. The zero-order chi connectivity index (χ0) is 24.4. The Morgan fingerprint density at radius 3 is 2.56 bits per heavy atom. The quantitative estimate of drug-likeness (QED) is 0.374. The summed E-state index contributed by atoms with van der Waals surface area (Å²) in [6.07, 6.45) is 3.04. The molecule has 0 spiro atoms. The van der Waals surface area contributed by atoms with Gasteiger partial charge in [0.1, 0.15) is 0 Å². The predicted octanol–water partition coefficient (Wildman–Crippen LogP) is 5.12. The number of amides is 3. The normalized spacial score (nSPS) is 14.6. The average molecular weight is 518 g/mol. The number of benzene rings is 2. The van der Waals surface area contributed by atoms with Crippen molar-refractivity contribution in [1.82, 2.24) is 9.88 Å². The van der Waals surface area contributed by atoms with Crippen LogP contribution in [0.4, 0.5) is 10.5 Å². The number of carboxylic acids is 1. The molecule has 1 aromatic heterocycles. The van der Waals surface area contributed by atoms with E-state index in [0.717, 1.165) is 28.2 Å². The zero-order valence-corrected chi connectivity index (χ0v) is 19.8. The topological polar surface area (TPSA) is 118 Å². The van der Waals surface area contributed by atoms with Crippen LogP contribution in [0.5, 0.6) is 0 Å². The Kier molecular flexibility index (Phi) is 6.97. The van der Waals surface area contributed by atoms with Crippen molar-refractivity contribution in [2.75, 3.05) is 5.32 Å². The number of nitrogens with zero attached hydrogens (tertiary/aromatic N) is 1. The lowest BCUT2D eigenvalue weighted by atomic mass is 10.1. The maximum absolute atomic E-state index is 12.1. The first-order valence-electron chi connectivity index (χ1n) is 10.0. The Hall–Kier alpha value is -3.27. The predicted molar refractivity (Wildman–Crippen MR) is 132 cm³/mol. The molecule has 11 heteroatoms. The second-order valence-corrected chi connectivity index (χ2v) is 9.32. The maximum Gasteiger partial charge on any atom is 0.303 e. The lowest BCUT2D eigenvalue weighted by Crippen LogP contribution is -2.17. The van der Waals surface area contributed by atoms with Crippen LogP contribution < -0.4 is 10.6 Å². The number of carbonyl (C=O) groups excluding carboxylic acids is 3. The smallest absolute Gasteiger partial charge is 0.303 e. The third-order valence-electron chi connectivity index (χ3n) is 5.03. The standard InChI is InChI=1S/C23H17Cl2N3O5S/c24-16-3-1-12(7-17(16)25)10-28-11-13(8-19-22(32)27-23(33)34-19)15-9-14(2-4-18(15)28)26-20(29)5-6-21(30)31/h1-4,7-9,11H,5-6,10H2,(H,26,29)(H,30,31)(H,27,32,33)/b19-8-. The van der Waals surface area contributed by atoms with Gasteiger partial charge in [0.2, 0.25) is 5.91 Å². The third kappa shape index (κ3) is 5.44. The monoisotopic (exact) mass is 517 g/mol. The molecule has 0 aliphatic carbocycles. The highest BCUT2D eigenvalue weighted by Gasteiger charge is 2.25. The van der Waals surface area contributed by atoms with E-state index >= 15 is 0 Å². The number of nitrogens with one attached hydrogen (secondary N) is 2. The van der Waals surface area contributed by atoms with E-state index in [1.165, 1.54) is 0 Å². The van der Waals surface area contributed by atoms with Crippen LogP contribution in [-0.4, -0.2) is 32.7 Å². The molecular weight excluding hydrogens is 501 g/mol. The van der Waals surface area contributed by atoms with E-state index in [0.29, 0.717) is 27.8 Å². The number of aromatic nitrogens is 1. The van der Waals surface area contributed by atoms with E-state index in [4.69, 9.17) is 28.3 Å². The van der Waals surface area contributed by atoms with E-state index in [2.05, 4.69) is 10.6 Å². The molecule has 1 aliphatic heterocycles. The molecule has 0 unspecified atom stereocenters. The summed E-state index contributed by atoms with van der Waals surface area (Å²) in [7, 11) is 0. The number of imide groups is 1. The Balaban J connectivity index is 1.72. The molecule has 34 heavy (non-hydrogen) atoms. The van der Waals surface area contributed by atoms with Gasteiger partial charge in [0, 0.05) is 41.3 Å². The van der Waals surface area contributed by atoms with Gasteiger partial charge in [-0.1, -0.05) is 29.3 Å². The highest BCUT2D eigenvalue weighted by atomic mass is 35.5. The van der Waals surface area contributed by atoms with Crippen LogP contribution in [0.1, 0.15) is 24.0 Å². The van der Waals surface area contributed by atoms with E-state index in [1.54, 1.807) is 30.3 Å². The van der Waals surface area contributed by atoms with Gasteiger partial charge in [-0.25, -0.2) is 0 Å². The fraction of sp³-hybridized carbons (Fsp3) is 0.130. The summed E-state index contributed by atoms with van der Waals surface area (Å²) in [6, 6.07) is 10.6. The lowest BCUT2D eigenvalue weighted by molar-refractivity contribution is -0.138. The fourth-order valence-corrected chi connectivity index (χ4v) is 4.48. The fourth-order valence-electron chi connectivity index (χ4n) is 3.49. The van der Waals surface area contributed by atoms with E-state index in [-0.39, 0.29) is 17.7 Å². The number of hydrogen-bond donors (Lipinski definition) is 3. The molecule has 3 N–H and O–H groups in total. The molecule has 2 aromatic carbocycles. The Morgan fingerprint density at radius 1 is 1.09 bits per heavy atom. The van der Waals surface area contributed by atoms with E-state index in [1.807, 2.05) is 22.9 Å². The number of carboxylic acid groups (broad SMARTS) is 1. The van der Waals surface area contributed by atoms with Gasteiger partial charge < -0.3 is 15.0 Å². The second kappa shape index (κ2) is 9.92. The van der Waals surface area contributed by atoms with E-state index in [9.17, 15) is 19.2 Å². The molecule has 0 atom stereocenters. The highest BCUT2D eigenvalue weighted by molar-refractivity contribution is 8.18. The first-order chi connectivity index (χ1) is 16.2. The van der Waals surface area contributed by atoms with Gasteiger partial charge in [-0.05, 0) is 53.7 Å². The maximum atomic E-state index is 12.1. The molecule has 3 amide bonds. The van der Waals surface area contributed by atoms with Crippen LogP contribution in [0.3, 0.4) is 0 Å². The van der Waals surface area contributed by atoms with Crippen LogP contribution in [0, 0.1) is 0 Å². The van der Waals surface area contributed by atoms with Crippen molar-refractivity contribution in [1.29, 1.82) is 0 Å². The molecule has 1 aliphatic rings. The van der Waals surface area contributed by atoms with Crippen molar-refractivity contribution in [3.8, 4) is 0 Å². The lowest BCUT2D eigenvalue weighted by Gasteiger charge is -2.08. The summed E-state index contributed by atoms with van der Waals surface area (Å²) < 4.78 is 1.96. The number of halogens is 2. The number of hydrogen-bond acceptors (Lipinski definition) is 5. The summed E-state index contributed by atoms with van der Waals surface area (Å²) in [5.74, 6) is -1.95. The third-order valence-corrected chi connectivity index (χ3v) is 6.58. The molecule has 3 aromatic rings. The zero-order valence-electron chi connectivity index (χ0n) is 17.4. The van der Waals surface area contributed by atoms with Crippen molar-refractivity contribution in [2.24, 2.45) is 0 Å². The molecule has 174 valence electrons. The van der Waals surface area contributed by atoms with E-state index < -0.39 is 23.0 Å². The molecule has 4 rings (SSSR count). The number of fused-ring (bicyclic) bond motifs is 1. The number of carbonyl (C=O) groups is 4. The number of thioether (sulfide) groups is 1. The van der Waals surface area contributed by atoms with Gasteiger partial charge in [-0.2, -0.15) is 0 Å². The van der Waals surface area contributed by atoms with Gasteiger partial charge in [0.05, 0.1) is 21.4 Å². The average Bonchev–Trinajstić information content (AvgIpc) is 3.27. The summed E-state index contributed by atoms with van der Waals surface area (Å²) in [5, 5.41) is 14.9. The summed E-state index contributed by atoms with van der Waals surface area (Å²) in [6.45, 7) is 0.457. The molecular formula is C23H17Cl2N3O5S. The largest absolute Gasteiger partial charge is 0.481 e. The summed E-state index contributed by atoms with van der Waals surface area (Å²) in [5.41, 5.74) is 2.87. The number of aliphatic carboxylic acids is 1. The van der Waals surface area contributed by atoms with Gasteiger partial charge >= 0.3 is 5.97 Å². The first-order valence-corrected chi connectivity index (χ1v) is 11.6. The van der Waals surface area contributed by atoms with Crippen LogP contribution in [0.25, 0.3) is 17.0 Å². The molecule has 0 bridgehead atoms. The van der Waals surface area contributed by atoms with Crippen molar-refractivity contribution in [3.63, 3.8) is 0 Å². The number of anilines is 1.